The standard InChI is InChI=1S/C89H88N6O12S2/c1-58-28-24-29-59(2)84(58)92(50-26-52-94-86(96)66-32-14-15-33-67(66)87(94)97)64-42-46-72-78(56-64)106-76-54-62(40-44-70(76)82(72)74-36-18-20-38-80(74)108(100,101)102)90(5)48-22-12-10-8-7-9-11-13-23-49-91(6)63-41-45-71-77(55-63)107-79-57-65(43-47-73(79)83(71)75-37-19-21-39-81(75)109(103,104)105)93(85-60(3)30-25-31-61(85)4)51-27-53-95-88(98)68-34-16-17-35-69(68)89(95)99/h14-21,24-25,28-47,54-57,78H,7-13,22-23,26-27,48-53H2,1-6H3,(H-,100,101,102,103,104,105). The molecule has 9 aromatic carbocycles. The summed E-state index contributed by atoms with van der Waals surface area (Å²) in [6.45, 7) is 11.2. The predicted octanol–water partition coefficient (Wildman–Crippen LogP) is 17.6. The van der Waals surface area contributed by atoms with Gasteiger partial charge >= 0.3 is 11.2 Å². The number of anilines is 5. The minimum atomic E-state index is -4.90. The van der Waals surface area contributed by atoms with Crippen LogP contribution in [0, 0.1) is 27.7 Å². The molecular formula is C89H88N6O12S2. The van der Waals surface area contributed by atoms with Crippen LogP contribution < -0.4 is 19.6 Å². The van der Waals surface area contributed by atoms with E-state index in [2.05, 4.69) is 71.8 Å². The predicted molar refractivity (Wildman–Crippen MR) is 428 cm³/mol. The molecule has 0 spiro atoms. The SMILES string of the molecule is Cc1cccc(C)c1N(CCCN1C(=O)c2ccccc2C1=O)C1=CC2[OH+]c3cc(N(C)CCCCCCCCCCCN(C)c4ccc5c(-c6ccccc6S(=O)(=O)[O-])c6ccc(N(CCCN7C(=O)c8ccccc8C7=O)c7c(C)cccc7C)cc6[o+]c5c4)ccc3C(c3ccccc3S(=O)(=O)[O-])=C2C=C1. The average Bonchev–Trinajstić information content (AvgIpc) is 1.58. The van der Waals surface area contributed by atoms with Gasteiger partial charge in [-0.15, -0.1) is 0 Å². The lowest BCUT2D eigenvalue weighted by Gasteiger charge is -2.34. The topological polar surface area (TPSA) is 226 Å². The Hall–Kier alpha value is -11.0. The van der Waals surface area contributed by atoms with E-state index in [4.69, 9.17) is 9.15 Å². The lowest BCUT2D eigenvalue weighted by Crippen LogP contribution is -2.34. The van der Waals surface area contributed by atoms with Gasteiger partial charge in [-0.2, -0.15) is 0 Å². The van der Waals surface area contributed by atoms with E-state index in [9.17, 15) is 45.1 Å². The van der Waals surface area contributed by atoms with Crippen molar-refractivity contribution in [1.29, 1.82) is 0 Å². The van der Waals surface area contributed by atoms with Crippen molar-refractivity contribution in [2.45, 2.75) is 114 Å². The zero-order valence-electron chi connectivity index (χ0n) is 62.2. The molecule has 4 aliphatic rings. The molecule has 4 heterocycles. The Balaban J connectivity index is 0.605. The minimum Gasteiger partial charge on any atom is -0.744 e. The molecule has 0 radical (unpaired) electrons. The van der Waals surface area contributed by atoms with Crippen LogP contribution in [0.2, 0.25) is 0 Å². The summed E-state index contributed by atoms with van der Waals surface area (Å²) in [5.41, 5.74) is 15.5. The zero-order valence-corrected chi connectivity index (χ0v) is 63.8. The van der Waals surface area contributed by atoms with Gasteiger partial charge in [0.1, 0.15) is 20.2 Å². The first kappa shape index (κ1) is 74.8. The lowest BCUT2D eigenvalue weighted by molar-refractivity contribution is 0.0376. The van der Waals surface area contributed by atoms with Crippen molar-refractivity contribution < 1.29 is 54.3 Å². The van der Waals surface area contributed by atoms with Crippen LogP contribution in [-0.2, 0) is 20.2 Å². The highest BCUT2D eigenvalue weighted by Gasteiger charge is 2.39. The number of allylic oxidation sites excluding steroid dienone is 1. The van der Waals surface area contributed by atoms with Crippen molar-refractivity contribution >= 4 is 99.8 Å². The molecule has 0 saturated carbocycles. The number of hydrogen-bond acceptors (Lipinski definition) is 14. The number of nitrogens with zero attached hydrogens (tertiary/aromatic N) is 6. The molecule has 1 atom stereocenters. The normalized spacial score (nSPS) is 14.6. The summed E-state index contributed by atoms with van der Waals surface area (Å²) in [5.74, 6) is -0.537. The number of carbonyl (C=O) groups is 4. The number of rotatable bonds is 30. The monoisotopic (exact) mass is 1500 g/mol. The molecule has 0 fully saturated rings. The van der Waals surface area contributed by atoms with Crippen LogP contribution in [0.4, 0.5) is 28.4 Å². The van der Waals surface area contributed by atoms with E-state index in [0.29, 0.717) is 92.6 Å². The van der Waals surface area contributed by atoms with Gasteiger partial charge in [-0.25, -0.2) is 21.3 Å². The van der Waals surface area contributed by atoms with Crippen LogP contribution in [0.25, 0.3) is 38.6 Å². The number of amides is 4. The summed E-state index contributed by atoms with van der Waals surface area (Å²) in [7, 11) is -5.66. The van der Waals surface area contributed by atoms with E-state index < -0.39 is 26.3 Å². The second kappa shape index (κ2) is 31.7. The maximum atomic E-state index is 13.4. The summed E-state index contributed by atoms with van der Waals surface area (Å²) in [6.07, 6.45) is 16.1. The van der Waals surface area contributed by atoms with Crippen molar-refractivity contribution in [1.82, 2.24) is 9.80 Å². The Kier molecular flexibility index (Phi) is 21.7. The van der Waals surface area contributed by atoms with Crippen molar-refractivity contribution in [2.75, 3.05) is 73.0 Å². The average molecular weight is 1500 g/mol. The number of carbonyl (C=O) groups excluding carboxylic acids is 4. The third-order valence-corrected chi connectivity index (χ3v) is 23.4. The van der Waals surface area contributed by atoms with Crippen molar-refractivity contribution in [3.8, 4) is 16.9 Å². The first-order valence-electron chi connectivity index (χ1n) is 37.5. The zero-order chi connectivity index (χ0) is 76.4. The van der Waals surface area contributed by atoms with Crippen LogP contribution in [0.15, 0.2) is 232 Å². The van der Waals surface area contributed by atoms with Gasteiger partial charge in [-0.3, -0.25) is 29.0 Å². The van der Waals surface area contributed by atoms with Gasteiger partial charge in [0.05, 0.1) is 77.8 Å². The van der Waals surface area contributed by atoms with E-state index in [1.807, 2.05) is 98.8 Å². The van der Waals surface area contributed by atoms with Gasteiger partial charge in [-0.1, -0.05) is 142 Å². The Morgan fingerprint density at radius 1 is 0.413 bits per heavy atom. The fourth-order valence-corrected chi connectivity index (χ4v) is 17.5. The van der Waals surface area contributed by atoms with Gasteiger partial charge in [0, 0.05) is 110 Å². The molecule has 20 heteroatoms. The summed E-state index contributed by atoms with van der Waals surface area (Å²) < 4.78 is 90.1. The fourth-order valence-electron chi connectivity index (χ4n) is 16.2. The second-order valence-electron chi connectivity index (χ2n) is 28.9. The lowest BCUT2D eigenvalue weighted by atomic mass is 9.85. The highest BCUT2D eigenvalue weighted by Crippen LogP contribution is 2.48. The molecule has 14 rings (SSSR count). The van der Waals surface area contributed by atoms with Gasteiger partial charge in [0.15, 0.2) is 0 Å². The largest absolute Gasteiger partial charge is 0.744 e. The Bertz CT molecular complexity index is 5500. The van der Waals surface area contributed by atoms with Crippen LogP contribution >= 0.6 is 0 Å². The molecule has 1 N–H and O–H groups in total. The van der Waals surface area contributed by atoms with E-state index in [1.165, 1.54) is 21.9 Å². The van der Waals surface area contributed by atoms with Crippen molar-refractivity contribution in [3.63, 3.8) is 0 Å². The molecular weight excluding hydrogens is 1410 g/mol. The molecule has 558 valence electrons. The molecule has 1 aliphatic carbocycles. The molecule has 1 unspecified atom stereocenters. The van der Waals surface area contributed by atoms with Crippen LogP contribution in [0.3, 0.4) is 0 Å². The Morgan fingerprint density at radius 3 is 1.31 bits per heavy atom. The van der Waals surface area contributed by atoms with Gasteiger partial charge < -0.3 is 33.4 Å². The van der Waals surface area contributed by atoms with Crippen LogP contribution in [0.1, 0.15) is 145 Å². The molecule has 1 aromatic heterocycles. The number of imide groups is 2. The summed E-state index contributed by atoms with van der Waals surface area (Å²) in [6, 6.07) is 56.5. The first-order valence-corrected chi connectivity index (χ1v) is 40.3. The van der Waals surface area contributed by atoms with E-state index in [-0.39, 0.29) is 52.1 Å². The number of unbranched alkanes of at least 4 members (excludes halogenated alkanes) is 8. The van der Waals surface area contributed by atoms with Crippen molar-refractivity contribution in [2.24, 2.45) is 0 Å². The highest BCUT2D eigenvalue weighted by molar-refractivity contribution is 7.86. The molecule has 0 saturated heterocycles. The van der Waals surface area contributed by atoms with E-state index in [1.54, 1.807) is 84.9 Å². The van der Waals surface area contributed by atoms with E-state index in [0.717, 1.165) is 138 Å². The molecule has 10 aromatic rings. The molecule has 109 heavy (non-hydrogen) atoms. The molecule has 0 bridgehead atoms. The quantitative estimate of drug-likeness (QED) is 0.0134. The highest BCUT2D eigenvalue weighted by atomic mass is 32.2. The minimum absolute atomic E-state index is 0.209. The van der Waals surface area contributed by atoms with Crippen LogP contribution in [0.5, 0.6) is 5.75 Å². The molecule has 3 aliphatic heterocycles. The van der Waals surface area contributed by atoms with E-state index >= 15 is 0 Å². The Morgan fingerprint density at radius 2 is 0.817 bits per heavy atom. The number of aryl methyl sites for hydroxylation is 4. The smallest absolute Gasteiger partial charge is 0.363 e. The number of hydrogen-bond donors (Lipinski definition) is 0. The number of aliphatic hydroxyl groups is 1. The number of benzene rings is 9. The third kappa shape index (κ3) is 15.3. The van der Waals surface area contributed by atoms with Crippen molar-refractivity contribution in [3.05, 3.63) is 273 Å². The number of ether oxygens (including phenoxy) is 1. The summed E-state index contributed by atoms with van der Waals surface area (Å²) in [4.78, 5) is 64.5. The molecule has 18 nitrogen and oxygen atoms in total. The second-order valence-corrected chi connectivity index (χ2v) is 31.6. The number of fused-ring (bicyclic) bond motifs is 6. The first-order chi connectivity index (χ1) is 52.5. The van der Waals surface area contributed by atoms with Crippen LogP contribution in [-0.4, -0.2) is 124 Å². The summed E-state index contributed by atoms with van der Waals surface area (Å²) >= 11 is 0. The summed E-state index contributed by atoms with van der Waals surface area (Å²) in [5, 5.41) is 1.27. The third-order valence-electron chi connectivity index (χ3n) is 21.6. The van der Waals surface area contributed by atoms with Gasteiger partial charge in [0.25, 0.3) is 29.4 Å². The Labute approximate surface area is 637 Å². The van der Waals surface area contributed by atoms with Gasteiger partial charge in [0.2, 0.25) is 6.10 Å². The molecule has 4 amide bonds. The number of para-hydroxylation sites is 2. The maximum Gasteiger partial charge on any atom is 0.363 e. The maximum absolute atomic E-state index is 13.4. The van der Waals surface area contributed by atoms with Gasteiger partial charge in [-0.05, 0) is 161 Å². The fraction of sp³-hybridized carbons (Fsp3) is 0.270. The number of aromatic hydroxyl groups is 1.